The number of carboxylic acids is 1. The van der Waals surface area contributed by atoms with Gasteiger partial charge in [0.2, 0.25) is 17.7 Å². The average Bonchev–Trinajstić information content (AvgIpc) is 2.55. The second-order valence-corrected chi connectivity index (χ2v) is 6.81. The summed E-state index contributed by atoms with van der Waals surface area (Å²) < 4.78 is 0. The standard InChI is InChI=1S/C15H28N4O5S/c1-4-8(2)12(17)14(22)19-10(7-11(16)20)13(21)18-9(15(23)24)5-6-25-3/h8-10,12H,4-7,17H2,1-3H3,(H2,16,20)(H,18,21)(H,19,22)(H,23,24). The van der Waals surface area contributed by atoms with Gasteiger partial charge in [-0.1, -0.05) is 20.3 Å². The number of hydrogen-bond donors (Lipinski definition) is 5. The highest BCUT2D eigenvalue weighted by molar-refractivity contribution is 7.98. The summed E-state index contributed by atoms with van der Waals surface area (Å²) in [5.41, 5.74) is 10.9. The van der Waals surface area contributed by atoms with E-state index in [1.165, 1.54) is 11.8 Å². The topological polar surface area (TPSA) is 165 Å². The Hall–Kier alpha value is -1.81. The van der Waals surface area contributed by atoms with Crippen LogP contribution in [0, 0.1) is 5.92 Å². The highest BCUT2D eigenvalue weighted by Gasteiger charge is 2.29. The number of aliphatic carboxylic acids is 1. The van der Waals surface area contributed by atoms with Crippen LogP contribution in [0.25, 0.3) is 0 Å². The van der Waals surface area contributed by atoms with Crippen molar-refractivity contribution < 1.29 is 24.3 Å². The zero-order valence-corrected chi connectivity index (χ0v) is 15.6. The van der Waals surface area contributed by atoms with Crippen molar-refractivity contribution in [2.24, 2.45) is 17.4 Å². The van der Waals surface area contributed by atoms with Gasteiger partial charge in [-0.05, 0) is 24.3 Å². The number of thioether (sulfide) groups is 1. The van der Waals surface area contributed by atoms with Crippen LogP contribution in [0.3, 0.4) is 0 Å². The molecule has 10 heteroatoms. The van der Waals surface area contributed by atoms with Crippen LogP contribution in [0.15, 0.2) is 0 Å². The van der Waals surface area contributed by atoms with E-state index in [1.54, 1.807) is 6.92 Å². The van der Waals surface area contributed by atoms with Crippen molar-refractivity contribution in [1.29, 1.82) is 0 Å². The molecule has 0 spiro atoms. The number of hydrogen-bond acceptors (Lipinski definition) is 6. The lowest BCUT2D eigenvalue weighted by Gasteiger charge is -2.23. The second kappa shape index (κ2) is 11.7. The molecule has 0 aromatic carbocycles. The molecule has 0 radical (unpaired) electrons. The SMILES string of the molecule is CCC(C)C(N)C(=O)NC(CC(N)=O)C(=O)NC(CCSC)C(=O)O. The van der Waals surface area contributed by atoms with E-state index in [1.807, 2.05) is 13.2 Å². The first-order valence-electron chi connectivity index (χ1n) is 8.00. The fourth-order valence-electron chi connectivity index (χ4n) is 1.96. The Labute approximate surface area is 151 Å². The monoisotopic (exact) mass is 376 g/mol. The lowest BCUT2D eigenvalue weighted by molar-refractivity contribution is -0.142. The molecule has 0 saturated heterocycles. The fraction of sp³-hybridized carbons (Fsp3) is 0.733. The molecule has 4 unspecified atom stereocenters. The number of amides is 3. The van der Waals surface area contributed by atoms with Crippen molar-refractivity contribution in [2.45, 2.75) is 51.2 Å². The van der Waals surface area contributed by atoms with Gasteiger partial charge in [0, 0.05) is 0 Å². The van der Waals surface area contributed by atoms with Gasteiger partial charge in [-0.25, -0.2) is 4.79 Å². The summed E-state index contributed by atoms with van der Waals surface area (Å²) in [5.74, 6) is -2.95. The van der Waals surface area contributed by atoms with E-state index in [4.69, 9.17) is 16.6 Å². The highest BCUT2D eigenvalue weighted by Crippen LogP contribution is 2.07. The van der Waals surface area contributed by atoms with E-state index in [9.17, 15) is 19.2 Å². The van der Waals surface area contributed by atoms with Crippen molar-refractivity contribution >= 4 is 35.5 Å². The minimum Gasteiger partial charge on any atom is -0.480 e. The number of carboxylic acid groups (broad SMARTS) is 1. The van der Waals surface area contributed by atoms with Crippen molar-refractivity contribution in [3.63, 3.8) is 0 Å². The minimum atomic E-state index is -1.27. The number of nitrogens with two attached hydrogens (primary N) is 2. The molecule has 0 rings (SSSR count). The van der Waals surface area contributed by atoms with Crippen molar-refractivity contribution in [3.05, 3.63) is 0 Å². The van der Waals surface area contributed by atoms with Gasteiger partial charge in [-0.15, -0.1) is 0 Å². The number of primary amides is 1. The zero-order valence-electron chi connectivity index (χ0n) is 14.8. The Morgan fingerprint density at radius 1 is 1.12 bits per heavy atom. The van der Waals surface area contributed by atoms with E-state index in [-0.39, 0.29) is 12.3 Å². The lowest BCUT2D eigenvalue weighted by Crippen LogP contribution is -2.56. The predicted octanol–water partition coefficient (Wildman–Crippen LogP) is -0.957. The Bertz CT molecular complexity index is 489. The molecule has 0 bridgehead atoms. The van der Waals surface area contributed by atoms with Crippen LogP contribution in [0.2, 0.25) is 0 Å². The number of rotatable bonds is 12. The van der Waals surface area contributed by atoms with E-state index in [2.05, 4.69) is 10.6 Å². The van der Waals surface area contributed by atoms with Crippen LogP contribution in [-0.4, -0.2) is 58.9 Å². The van der Waals surface area contributed by atoms with Crippen LogP contribution >= 0.6 is 11.8 Å². The van der Waals surface area contributed by atoms with Gasteiger partial charge in [0.25, 0.3) is 0 Å². The van der Waals surface area contributed by atoms with E-state index in [0.717, 1.165) is 0 Å². The molecule has 0 saturated carbocycles. The normalized spacial score (nSPS) is 15.5. The van der Waals surface area contributed by atoms with Gasteiger partial charge in [0.1, 0.15) is 12.1 Å². The summed E-state index contributed by atoms with van der Waals surface area (Å²) in [4.78, 5) is 46.9. The van der Waals surface area contributed by atoms with Gasteiger partial charge in [0.05, 0.1) is 12.5 Å². The van der Waals surface area contributed by atoms with E-state index in [0.29, 0.717) is 12.2 Å². The van der Waals surface area contributed by atoms with Gasteiger partial charge in [-0.2, -0.15) is 11.8 Å². The summed E-state index contributed by atoms with van der Waals surface area (Å²) in [5, 5.41) is 13.9. The first-order chi connectivity index (χ1) is 11.6. The third-order valence-electron chi connectivity index (χ3n) is 3.82. The molecule has 0 fully saturated rings. The Balaban J connectivity index is 5.05. The maximum atomic E-state index is 12.3. The molecular weight excluding hydrogens is 348 g/mol. The molecule has 0 aromatic heterocycles. The van der Waals surface area contributed by atoms with E-state index >= 15 is 0 Å². The summed E-state index contributed by atoms with van der Waals surface area (Å²) in [6, 6.07) is -3.23. The highest BCUT2D eigenvalue weighted by atomic mass is 32.2. The van der Waals surface area contributed by atoms with Crippen LogP contribution in [0.4, 0.5) is 0 Å². The average molecular weight is 376 g/mol. The molecule has 7 N–H and O–H groups in total. The number of carbonyl (C=O) groups is 4. The van der Waals surface area contributed by atoms with Crippen LogP contribution in [-0.2, 0) is 19.2 Å². The lowest BCUT2D eigenvalue weighted by atomic mass is 9.99. The summed E-state index contributed by atoms with van der Waals surface area (Å²) in [7, 11) is 0. The summed E-state index contributed by atoms with van der Waals surface area (Å²) in [6.45, 7) is 3.66. The van der Waals surface area contributed by atoms with Gasteiger partial charge in [0.15, 0.2) is 0 Å². The van der Waals surface area contributed by atoms with Gasteiger partial charge >= 0.3 is 5.97 Å². The van der Waals surface area contributed by atoms with E-state index < -0.39 is 48.2 Å². The summed E-state index contributed by atoms with van der Waals surface area (Å²) in [6.07, 6.45) is 2.25. The number of nitrogens with one attached hydrogen (secondary N) is 2. The third kappa shape index (κ3) is 8.73. The van der Waals surface area contributed by atoms with Crippen molar-refractivity contribution in [3.8, 4) is 0 Å². The molecule has 3 amide bonds. The maximum Gasteiger partial charge on any atom is 0.326 e. The molecular formula is C15H28N4O5S. The second-order valence-electron chi connectivity index (χ2n) is 5.82. The molecule has 0 aromatic rings. The Kier molecular flexibility index (Phi) is 10.8. The fourth-order valence-corrected chi connectivity index (χ4v) is 2.43. The summed E-state index contributed by atoms with van der Waals surface area (Å²) >= 11 is 1.44. The molecule has 4 atom stereocenters. The van der Waals surface area contributed by atoms with Gasteiger partial charge in [-0.3, -0.25) is 14.4 Å². The van der Waals surface area contributed by atoms with Crippen molar-refractivity contribution in [1.82, 2.24) is 10.6 Å². The first-order valence-corrected chi connectivity index (χ1v) is 9.39. The molecule has 0 aliphatic carbocycles. The molecule has 9 nitrogen and oxygen atoms in total. The smallest absolute Gasteiger partial charge is 0.326 e. The molecule has 0 heterocycles. The Morgan fingerprint density at radius 3 is 2.12 bits per heavy atom. The third-order valence-corrected chi connectivity index (χ3v) is 4.47. The predicted molar refractivity (Wildman–Crippen MR) is 95.7 cm³/mol. The Morgan fingerprint density at radius 2 is 1.68 bits per heavy atom. The molecule has 0 aliphatic rings. The van der Waals surface area contributed by atoms with Crippen LogP contribution in [0.1, 0.15) is 33.1 Å². The van der Waals surface area contributed by atoms with Gasteiger partial charge < -0.3 is 27.2 Å². The van der Waals surface area contributed by atoms with Crippen LogP contribution in [0.5, 0.6) is 0 Å². The zero-order chi connectivity index (χ0) is 19.6. The molecule has 0 aliphatic heterocycles. The number of carbonyl (C=O) groups excluding carboxylic acids is 3. The van der Waals surface area contributed by atoms with Crippen LogP contribution < -0.4 is 22.1 Å². The quantitative estimate of drug-likeness (QED) is 0.293. The minimum absolute atomic E-state index is 0.120. The maximum absolute atomic E-state index is 12.3. The first kappa shape index (κ1) is 23.2. The van der Waals surface area contributed by atoms with Crippen molar-refractivity contribution in [2.75, 3.05) is 12.0 Å². The largest absolute Gasteiger partial charge is 0.480 e. The molecule has 25 heavy (non-hydrogen) atoms. The molecule has 144 valence electrons.